The molecule has 1 heterocycles. The molecule has 5 nitrogen and oxygen atoms in total. The van der Waals surface area contributed by atoms with Crippen molar-refractivity contribution in [1.29, 1.82) is 0 Å². The van der Waals surface area contributed by atoms with Gasteiger partial charge in [0, 0.05) is 42.5 Å². The monoisotopic (exact) mass is 467 g/mol. The average Bonchev–Trinajstić information content (AvgIpc) is 3.11. The Morgan fingerprint density at radius 2 is 1.09 bits per heavy atom. The Hall–Kier alpha value is -2.24. The second-order valence-corrected chi connectivity index (χ2v) is 9.30. The first-order valence-electron chi connectivity index (χ1n) is 13.3. The number of aromatic nitrogens is 1. The Bertz CT molecular complexity index is 1000. The quantitative estimate of drug-likeness (QED) is 0.246. The Morgan fingerprint density at radius 1 is 0.588 bits per heavy atom. The van der Waals surface area contributed by atoms with Crippen molar-refractivity contribution in [3.05, 3.63) is 36.4 Å². The number of hydrogen-bond acceptors (Lipinski definition) is 4. The summed E-state index contributed by atoms with van der Waals surface area (Å²) in [6.45, 7) is 16.9. The van der Waals surface area contributed by atoms with Crippen LogP contribution < -0.4 is 9.47 Å². The first-order valence-corrected chi connectivity index (χ1v) is 13.3. The zero-order valence-electron chi connectivity index (χ0n) is 22.1. The van der Waals surface area contributed by atoms with Crippen molar-refractivity contribution in [2.45, 2.75) is 53.4 Å². The molecule has 0 amide bonds. The third-order valence-electron chi connectivity index (χ3n) is 6.46. The summed E-state index contributed by atoms with van der Waals surface area (Å²) in [5.41, 5.74) is 2.41. The first-order chi connectivity index (χ1) is 16.6. The molecule has 188 valence electrons. The molecule has 0 fully saturated rings. The van der Waals surface area contributed by atoms with Crippen molar-refractivity contribution in [3.8, 4) is 11.5 Å². The first kappa shape index (κ1) is 26.4. The van der Waals surface area contributed by atoms with Crippen molar-refractivity contribution in [2.75, 3.05) is 52.5 Å². The largest absolute Gasteiger partial charge is 0.492 e. The molecule has 0 aliphatic rings. The minimum absolute atomic E-state index is 0.723. The summed E-state index contributed by atoms with van der Waals surface area (Å²) in [4.78, 5) is 4.97. The molecular formula is C29H45N3O2. The van der Waals surface area contributed by atoms with Crippen LogP contribution in [0, 0.1) is 0 Å². The molecule has 0 spiro atoms. The van der Waals surface area contributed by atoms with Gasteiger partial charge in [0.25, 0.3) is 0 Å². The molecule has 0 saturated heterocycles. The minimum Gasteiger partial charge on any atom is -0.492 e. The fraction of sp³-hybridized carbons (Fsp3) is 0.586. The summed E-state index contributed by atoms with van der Waals surface area (Å²) in [5, 5.41) is 2.48. The number of nitrogens with zero attached hydrogens (tertiary/aromatic N) is 3. The summed E-state index contributed by atoms with van der Waals surface area (Å²) >= 11 is 0. The van der Waals surface area contributed by atoms with Crippen LogP contribution in [0.4, 0.5) is 0 Å². The molecule has 0 N–H and O–H groups in total. The summed E-state index contributed by atoms with van der Waals surface area (Å²) in [6, 6.07) is 12.9. The van der Waals surface area contributed by atoms with Crippen LogP contribution in [-0.4, -0.2) is 66.8 Å². The maximum absolute atomic E-state index is 6.15. The highest BCUT2D eigenvalue weighted by atomic mass is 16.5. The van der Waals surface area contributed by atoms with Gasteiger partial charge in [0.15, 0.2) is 0 Å². The second-order valence-electron chi connectivity index (χ2n) is 9.30. The summed E-state index contributed by atoms with van der Waals surface area (Å²) in [7, 11) is 2.13. The summed E-state index contributed by atoms with van der Waals surface area (Å²) in [5.74, 6) is 1.88. The Labute approximate surface area is 206 Å². The smallest absolute Gasteiger partial charge is 0.121 e. The van der Waals surface area contributed by atoms with Crippen molar-refractivity contribution in [1.82, 2.24) is 14.4 Å². The van der Waals surface area contributed by atoms with E-state index in [0.29, 0.717) is 0 Å². The number of aryl methyl sites for hydroxylation is 1. The van der Waals surface area contributed by atoms with Crippen LogP contribution in [0.5, 0.6) is 11.5 Å². The van der Waals surface area contributed by atoms with Gasteiger partial charge in [0.05, 0.1) is 5.52 Å². The van der Waals surface area contributed by atoms with Gasteiger partial charge >= 0.3 is 0 Å². The van der Waals surface area contributed by atoms with Crippen LogP contribution in [0.15, 0.2) is 36.4 Å². The second kappa shape index (κ2) is 13.6. The third-order valence-corrected chi connectivity index (χ3v) is 6.46. The zero-order valence-corrected chi connectivity index (χ0v) is 22.1. The molecule has 0 bridgehead atoms. The van der Waals surface area contributed by atoms with E-state index in [1.54, 1.807) is 0 Å². The van der Waals surface area contributed by atoms with E-state index in [1.165, 1.54) is 47.5 Å². The Balaban J connectivity index is 1.68. The normalized spacial score (nSPS) is 11.9. The fourth-order valence-corrected chi connectivity index (χ4v) is 4.87. The Kier molecular flexibility index (Phi) is 10.5. The lowest BCUT2D eigenvalue weighted by Crippen LogP contribution is -2.30. The fourth-order valence-electron chi connectivity index (χ4n) is 4.87. The molecule has 5 heteroatoms. The van der Waals surface area contributed by atoms with E-state index in [-0.39, 0.29) is 0 Å². The molecule has 3 rings (SSSR count). The standard InChI is InChI=1S/C29H45N3O2/c1-6-14-31(15-7-2)18-20-33-24-11-13-28-27(22-24)26-12-10-25(23-29(26)30(28)5)34-21-19-32(16-8-3)17-9-4/h10-13,22-23H,6-9,14-21H2,1-5H3. The van der Waals surface area contributed by atoms with E-state index >= 15 is 0 Å². The highest BCUT2D eigenvalue weighted by molar-refractivity contribution is 6.08. The van der Waals surface area contributed by atoms with Gasteiger partial charge in [-0.25, -0.2) is 0 Å². The molecule has 1 aromatic heterocycles. The highest BCUT2D eigenvalue weighted by Crippen LogP contribution is 2.33. The molecular weight excluding hydrogens is 422 g/mol. The van der Waals surface area contributed by atoms with E-state index in [2.05, 4.69) is 85.5 Å². The van der Waals surface area contributed by atoms with E-state index in [4.69, 9.17) is 9.47 Å². The number of benzene rings is 2. The highest BCUT2D eigenvalue weighted by Gasteiger charge is 2.11. The number of fused-ring (bicyclic) bond motifs is 3. The molecule has 34 heavy (non-hydrogen) atoms. The van der Waals surface area contributed by atoms with E-state index in [1.807, 2.05) is 0 Å². The van der Waals surface area contributed by atoms with Gasteiger partial charge < -0.3 is 14.0 Å². The predicted octanol–water partition coefficient (Wildman–Crippen LogP) is 6.33. The molecule has 2 aromatic carbocycles. The van der Waals surface area contributed by atoms with Gasteiger partial charge in [-0.05, 0) is 82.2 Å². The maximum Gasteiger partial charge on any atom is 0.121 e. The molecule has 0 saturated carbocycles. The third kappa shape index (κ3) is 6.89. The maximum atomic E-state index is 6.15. The van der Waals surface area contributed by atoms with Crippen molar-refractivity contribution >= 4 is 21.8 Å². The molecule has 0 radical (unpaired) electrons. The van der Waals surface area contributed by atoms with Crippen molar-refractivity contribution < 1.29 is 9.47 Å². The number of ether oxygens (including phenoxy) is 2. The molecule has 3 aromatic rings. The summed E-state index contributed by atoms with van der Waals surface area (Å²) < 4.78 is 14.6. The van der Waals surface area contributed by atoms with Crippen LogP contribution in [0.2, 0.25) is 0 Å². The van der Waals surface area contributed by atoms with E-state index in [9.17, 15) is 0 Å². The SMILES string of the molecule is CCCN(CCC)CCOc1ccc2c(c1)c1ccc(OCCN(CCC)CCC)cc1n2C. The van der Waals surface area contributed by atoms with Gasteiger partial charge in [-0.15, -0.1) is 0 Å². The lowest BCUT2D eigenvalue weighted by molar-refractivity contribution is 0.209. The van der Waals surface area contributed by atoms with Crippen LogP contribution in [0.3, 0.4) is 0 Å². The average molecular weight is 468 g/mol. The molecule has 0 aliphatic carbocycles. The zero-order chi connectivity index (χ0) is 24.3. The van der Waals surface area contributed by atoms with Crippen molar-refractivity contribution in [2.24, 2.45) is 7.05 Å². The number of rotatable bonds is 16. The van der Waals surface area contributed by atoms with Gasteiger partial charge in [-0.2, -0.15) is 0 Å². The van der Waals surface area contributed by atoms with Crippen molar-refractivity contribution in [3.63, 3.8) is 0 Å². The van der Waals surface area contributed by atoms with Crippen LogP contribution in [-0.2, 0) is 7.05 Å². The minimum atomic E-state index is 0.723. The lowest BCUT2D eigenvalue weighted by Gasteiger charge is -2.20. The van der Waals surface area contributed by atoms with Crippen LogP contribution in [0.1, 0.15) is 53.4 Å². The number of hydrogen-bond donors (Lipinski definition) is 0. The van der Waals surface area contributed by atoms with Gasteiger partial charge in [0.1, 0.15) is 24.7 Å². The molecule has 0 aliphatic heterocycles. The summed E-state index contributed by atoms with van der Waals surface area (Å²) in [6.07, 6.45) is 4.74. The van der Waals surface area contributed by atoms with E-state index in [0.717, 1.165) is 64.0 Å². The van der Waals surface area contributed by atoms with Crippen LogP contribution in [0.25, 0.3) is 21.8 Å². The van der Waals surface area contributed by atoms with E-state index < -0.39 is 0 Å². The predicted molar refractivity (Wildman–Crippen MR) is 145 cm³/mol. The lowest BCUT2D eigenvalue weighted by atomic mass is 10.1. The Morgan fingerprint density at radius 3 is 1.62 bits per heavy atom. The van der Waals surface area contributed by atoms with Gasteiger partial charge in [-0.3, -0.25) is 9.80 Å². The molecule has 0 unspecified atom stereocenters. The topological polar surface area (TPSA) is 29.9 Å². The van der Waals surface area contributed by atoms with Crippen LogP contribution >= 0.6 is 0 Å². The van der Waals surface area contributed by atoms with Gasteiger partial charge in [-0.1, -0.05) is 27.7 Å². The molecule has 0 atom stereocenters. The van der Waals surface area contributed by atoms with Gasteiger partial charge in [0.2, 0.25) is 0 Å².